The Balaban J connectivity index is 1.51. The summed E-state index contributed by atoms with van der Waals surface area (Å²) in [6.07, 6.45) is 1.26. The molecular formula is C19H16FN5O4. The normalized spacial score (nSPS) is 10.2. The molecule has 0 saturated heterocycles. The van der Waals surface area contributed by atoms with E-state index >= 15 is 0 Å². The van der Waals surface area contributed by atoms with E-state index in [4.69, 9.17) is 0 Å². The minimum absolute atomic E-state index is 0.180. The molecule has 0 unspecified atom stereocenters. The Labute approximate surface area is 164 Å². The number of halogens is 1. The van der Waals surface area contributed by atoms with Gasteiger partial charge in [-0.15, -0.1) is 0 Å². The van der Waals surface area contributed by atoms with E-state index in [2.05, 4.69) is 21.3 Å². The molecule has 29 heavy (non-hydrogen) atoms. The number of benzene rings is 2. The Kier molecular flexibility index (Phi) is 5.83. The summed E-state index contributed by atoms with van der Waals surface area (Å²) in [5, 5.41) is 16.2. The third-order valence-electron chi connectivity index (χ3n) is 3.76. The Hall–Kier alpha value is -4.21. The second-order valence-corrected chi connectivity index (χ2v) is 5.83. The zero-order valence-corrected chi connectivity index (χ0v) is 14.9. The fourth-order valence-electron chi connectivity index (χ4n) is 2.33. The second kappa shape index (κ2) is 8.65. The van der Waals surface area contributed by atoms with Gasteiger partial charge >= 0.3 is 0 Å². The predicted molar refractivity (Wildman–Crippen MR) is 99.6 cm³/mol. The number of para-hydroxylation sites is 1. The van der Waals surface area contributed by atoms with Crippen LogP contribution in [0.25, 0.3) is 5.69 Å². The molecule has 0 saturated carbocycles. The van der Waals surface area contributed by atoms with E-state index in [-0.39, 0.29) is 17.0 Å². The molecule has 10 heteroatoms. The summed E-state index contributed by atoms with van der Waals surface area (Å²) in [5.74, 6) is -2.98. The maximum absolute atomic E-state index is 12.8. The Morgan fingerprint density at radius 1 is 0.966 bits per heavy atom. The van der Waals surface area contributed by atoms with Gasteiger partial charge in [0.05, 0.1) is 18.4 Å². The first-order valence-electron chi connectivity index (χ1n) is 8.41. The highest BCUT2D eigenvalue weighted by atomic mass is 19.1. The summed E-state index contributed by atoms with van der Waals surface area (Å²) < 4.78 is 14.2. The lowest BCUT2D eigenvalue weighted by atomic mass is 10.2. The largest absolute Gasteiger partial charge is 0.504 e. The monoisotopic (exact) mass is 397 g/mol. The number of aromatic hydroxyl groups is 1. The number of hydrogen-bond acceptors (Lipinski definition) is 5. The van der Waals surface area contributed by atoms with Gasteiger partial charge < -0.3 is 10.4 Å². The van der Waals surface area contributed by atoms with Crippen molar-refractivity contribution in [3.8, 4) is 11.4 Å². The van der Waals surface area contributed by atoms with E-state index in [1.807, 2.05) is 6.07 Å². The molecule has 1 aromatic heterocycles. The number of carbonyl (C=O) groups excluding carboxylic acids is 3. The van der Waals surface area contributed by atoms with Crippen LogP contribution in [0.15, 0.2) is 60.8 Å². The lowest BCUT2D eigenvalue weighted by molar-refractivity contribution is -0.120. The highest BCUT2D eigenvalue weighted by molar-refractivity contribution is 5.98. The van der Waals surface area contributed by atoms with Crippen LogP contribution < -0.4 is 16.2 Å². The van der Waals surface area contributed by atoms with E-state index in [0.717, 1.165) is 12.1 Å². The molecule has 0 bridgehead atoms. The average Bonchev–Trinajstić information content (AvgIpc) is 3.13. The number of hydrazine groups is 1. The topological polar surface area (TPSA) is 125 Å². The third-order valence-corrected chi connectivity index (χ3v) is 3.76. The molecule has 0 aliphatic carbocycles. The molecule has 3 rings (SSSR count). The van der Waals surface area contributed by atoms with Crippen molar-refractivity contribution >= 4 is 17.7 Å². The molecule has 0 fully saturated rings. The molecule has 4 N–H and O–H groups in total. The van der Waals surface area contributed by atoms with Gasteiger partial charge in [-0.3, -0.25) is 25.2 Å². The fourth-order valence-corrected chi connectivity index (χ4v) is 2.33. The Morgan fingerprint density at radius 3 is 2.34 bits per heavy atom. The number of nitrogens with one attached hydrogen (secondary N) is 3. The van der Waals surface area contributed by atoms with Crippen molar-refractivity contribution in [3.05, 3.63) is 77.9 Å². The van der Waals surface area contributed by atoms with Crippen LogP contribution in [0.5, 0.6) is 5.75 Å². The third kappa shape index (κ3) is 4.95. The van der Waals surface area contributed by atoms with E-state index < -0.39 is 30.1 Å². The van der Waals surface area contributed by atoms with Crippen molar-refractivity contribution in [1.82, 2.24) is 25.9 Å². The molecule has 0 radical (unpaired) electrons. The molecule has 148 valence electrons. The van der Waals surface area contributed by atoms with Crippen LogP contribution in [0.3, 0.4) is 0 Å². The number of rotatable bonds is 5. The SMILES string of the molecule is O=C(CNC(=O)c1ccc(F)cc1)NNC(=O)c1nn(-c2ccccc2)cc1O. The first-order valence-corrected chi connectivity index (χ1v) is 8.41. The quantitative estimate of drug-likeness (QED) is 0.476. The summed E-state index contributed by atoms with van der Waals surface area (Å²) in [5.41, 5.74) is 4.73. The smallest absolute Gasteiger partial charge is 0.294 e. The van der Waals surface area contributed by atoms with Crippen LogP contribution in [0.1, 0.15) is 20.8 Å². The average molecular weight is 397 g/mol. The molecule has 2 aromatic carbocycles. The lowest BCUT2D eigenvalue weighted by Crippen LogP contribution is -2.46. The van der Waals surface area contributed by atoms with Crippen molar-refractivity contribution < 1.29 is 23.9 Å². The fraction of sp³-hybridized carbons (Fsp3) is 0.0526. The number of carbonyl (C=O) groups is 3. The zero-order chi connectivity index (χ0) is 20.8. The number of aromatic nitrogens is 2. The lowest BCUT2D eigenvalue weighted by Gasteiger charge is -2.08. The number of nitrogens with zero attached hydrogens (tertiary/aromatic N) is 2. The summed E-state index contributed by atoms with van der Waals surface area (Å²) in [6.45, 7) is -0.430. The second-order valence-electron chi connectivity index (χ2n) is 5.83. The summed E-state index contributed by atoms with van der Waals surface area (Å²) in [4.78, 5) is 35.8. The van der Waals surface area contributed by atoms with Gasteiger partial charge in [0.2, 0.25) is 0 Å². The van der Waals surface area contributed by atoms with Crippen LogP contribution >= 0.6 is 0 Å². The van der Waals surface area contributed by atoms with Crippen molar-refractivity contribution in [2.24, 2.45) is 0 Å². The zero-order valence-electron chi connectivity index (χ0n) is 14.9. The maximum atomic E-state index is 12.8. The van der Waals surface area contributed by atoms with E-state index in [9.17, 15) is 23.9 Å². The molecule has 3 amide bonds. The minimum Gasteiger partial charge on any atom is -0.504 e. The first-order chi connectivity index (χ1) is 13.9. The van der Waals surface area contributed by atoms with Gasteiger partial charge in [-0.25, -0.2) is 9.07 Å². The van der Waals surface area contributed by atoms with Crippen LogP contribution in [-0.2, 0) is 4.79 Å². The van der Waals surface area contributed by atoms with Gasteiger partial charge in [-0.2, -0.15) is 5.10 Å². The highest BCUT2D eigenvalue weighted by Gasteiger charge is 2.18. The van der Waals surface area contributed by atoms with Gasteiger partial charge in [0, 0.05) is 5.56 Å². The van der Waals surface area contributed by atoms with Crippen molar-refractivity contribution in [1.29, 1.82) is 0 Å². The Bertz CT molecular complexity index is 1030. The highest BCUT2D eigenvalue weighted by Crippen LogP contribution is 2.17. The molecule has 1 heterocycles. The summed E-state index contributed by atoms with van der Waals surface area (Å²) in [6, 6.07) is 13.6. The van der Waals surface area contributed by atoms with E-state index in [1.165, 1.54) is 23.0 Å². The molecule has 0 spiro atoms. The van der Waals surface area contributed by atoms with Gasteiger partial charge in [-0.05, 0) is 36.4 Å². The standard InChI is InChI=1S/C19H16FN5O4/c20-13-8-6-12(7-9-13)18(28)21-10-16(27)22-23-19(29)17-15(26)11-25(24-17)14-4-2-1-3-5-14/h1-9,11,26H,10H2,(H,21,28)(H,22,27)(H,23,29). The summed E-state index contributed by atoms with van der Waals surface area (Å²) >= 11 is 0. The van der Waals surface area contributed by atoms with Gasteiger partial charge in [0.1, 0.15) is 5.82 Å². The van der Waals surface area contributed by atoms with E-state index in [1.54, 1.807) is 24.3 Å². The molecule has 0 aliphatic heterocycles. The molecule has 0 aliphatic rings. The van der Waals surface area contributed by atoms with Crippen LogP contribution in [-0.4, -0.2) is 39.2 Å². The number of hydrogen-bond donors (Lipinski definition) is 4. The van der Waals surface area contributed by atoms with Gasteiger partial charge in [0.15, 0.2) is 11.4 Å². The molecule has 0 atom stereocenters. The Morgan fingerprint density at radius 2 is 1.66 bits per heavy atom. The minimum atomic E-state index is -0.838. The molecule has 9 nitrogen and oxygen atoms in total. The van der Waals surface area contributed by atoms with Crippen LogP contribution in [0.4, 0.5) is 4.39 Å². The van der Waals surface area contributed by atoms with Crippen molar-refractivity contribution in [2.45, 2.75) is 0 Å². The van der Waals surface area contributed by atoms with Crippen molar-refractivity contribution in [2.75, 3.05) is 6.54 Å². The molecular weight excluding hydrogens is 381 g/mol. The first kappa shape index (κ1) is 19.5. The summed E-state index contributed by atoms with van der Waals surface area (Å²) in [7, 11) is 0. The molecule has 3 aromatic rings. The van der Waals surface area contributed by atoms with E-state index in [0.29, 0.717) is 5.69 Å². The number of amides is 3. The van der Waals surface area contributed by atoms with Crippen LogP contribution in [0, 0.1) is 5.82 Å². The van der Waals surface area contributed by atoms with Gasteiger partial charge in [0.25, 0.3) is 17.7 Å². The van der Waals surface area contributed by atoms with Gasteiger partial charge in [-0.1, -0.05) is 18.2 Å². The van der Waals surface area contributed by atoms with Crippen molar-refractivity contribution in [3.63, 3.8) is 0 Å². The predicted octanol–water partition coefficient (Wildman–Crippen LogP) is 0.908. The van der Waals surface area contributed by atoms with Crippen LogP contribution in [0.2, 0.25) is 0 Å². The maximum Gasteiger partial charge on any atom is 0.294 e.